The van der Waals surface area contributed by atoms with Crippen LogP contribution >= 0.6 is 0 Å². The predicted octanol–water partition coefficient (Wildman–Crippen LogP) is 2.72. The Balaban J connectivity index is 1.56. The number of amides is 1. The summed E-state index contributed by atoms with van der Waals surface area (Å²) in [6, 6.07) is 12.4. The highest BCUT2D eigenvalue weighted by Crippen LogP contribution is 2.22. The number of rotatable bonds is 7. The molecule has 2 aromatic rings. The fourth-order valence-electron chi connectivity index (χ4n) is 3.37. The van der Waals surface area contributed by atoms with Crippen molar-refractivity contribution in [1.29, 1.82) is 0 Å². The molecule has 1 aromatic heterocycles. The molecule has 1 amide bonds. The molecule has 0 bridgehead atoms. The maximum atomic E-state index is 12.3. The van der Waals surface area contributed by atoms with Crippen molar-refractivity contribution < 1.29 is 4.79 Å². The average molecular weight is 352 g/mol. The van der Waals surface area contributed by atoms with Gasteiger partial charge in [0.1, 0.15) is 5.82 Å². The number of nitrogens with one attached hydrogen (secondary N) is 1. The third-order valence-electron chi connectivity index (χ3n) is 5.07. The number of nitrogens with zero attached hydrogens (tertiary/aromatic N) is 3. The number of pyridine rings is 1. The first-order valence-corrected chi connectivity index (χ1v) is 9.49. The van der Waals surface area contributed by atoms with Gasteiger partial charge >= 0.3 is 0 Å². The summed E-state index contributed by atoms with van der Waals surface area (Å²) in [5.74, 6) is 0.874. The van der Waals surface area contributed by atoms with Crippen LogP contribution in [0.1, 0.15) is 35.3 Å². The molecule has 2 heterocycles. The fraction of sp³-hybridized carbons (Fsp3) is 0.429. The van der Waals surface area contributed by atoms with Gasteiger partial charge in [0.05, 0.1) is 5.56 Å². The van der Waals surface area contributed by atoms with Gasteiger partial charge in [-0.1, -0.05) is 38.1 Å². The maximum absolute atomic E-state index is 12.3. The highest BCUT2D eigenvalue weighted by atomic mass is 16.1. The number of fused-ring (bicyclic) bond motifs is 1. The van der Waals surface area contributed by atoms with E-state index in [0.29, 0.717) is 12.1 Å². The van der Waals surface area contributed by atoms with Crippen LogP contribution in [0.5, 0.6) is 0 Å². The lowest BCUT2D eigenvalue weighted by atomic mass is 10.00. The zero-order valence-electron chi connectivity index (χ0n) is 15.7. The van der Waals surface area contributed by atoms with Crippen molar-refractivity contribution in [2.75, 3.05) is 37.6 Å². The van der Waals surface area contributed by atoms with Crippen LogP contribution in [0.4, 0.5) is 5.82 Å². The molecule has 138 valence electrons. The van der Waals surface area contributed by atoms with Gasteiger partial charge < -0.3 is 15.1 Å². The van der Waals surface area contributed by atoms with Gasteiger partial charge in [-0.05, 0) is 42.8 Å². The second kappa shape index (κ2) is 8.81. The Labute approximate surface area is 156 Å². The van der Waals surface area contributed by atoms with Crippen LogP contribution in [-0.4, -0.2) is 48.5 Å². The molecule has 0 saturated heterocycles. The third-order valence-corrected chi connectivity index (χ3v) is 5.07. The topological polar surface area (TPSA) is 48.5 Å². The average Bonchev–Trinajstić information content (AvgIpc) is 2.71. The van der Waals surface area contributed by atoms with Crippen molar-refractivity contribution in [2.45, 2.75) is 26.8 Å². The van der Waals surface area contributed by atoms with Gasteiger partial charge in [-0.25, -0.2) is 4.98 Å². The molecule has 1 aliphatic heterocycles. The Bertz CT molecular complexity index is 725. The van der Waals surface area contributed by atoms with Gasteiger partial charge in [0, 0.05) is 32.4 Å². The number of benzene rings is 1. The Hall–Kier alpha value is -2.40. The van der Waals surface area contributed by atoms with Gasteiger partial charge in [-0.3, -0.25) is 4.79 Å². The number of aromatic nitrogens is 1. The van der Waals surface area contributed by atoms with E-state index >= 15 is 0 Å². The summed E-state index contributed by atoms with van der Waals surface area (Å²) in [7, 11) is 0. The molecule has 0 saturated carbocycles. The Morgan fingerprint density at radius 1 is 1.15 bits per heavy atom. The Morgan fingerprint density at radius 3 is 2.62 bits per heavy atom. The number of anilines is 1. The number of carbonyl (C=O) groups is 1. The molecule has 0 aliphatic carbocycles. The summed E-state index contributed by atoms with van der Waals surface area (Å²) < 4.78 is 0. The van der Waals surface area contributed by atoms with Crippen molar-refractivity contribution in [1.82, 2.24) is 15.2 Å². The van der Waals surface area contributed by atoms with Crippen molar-refractivity contribution in [3.63, 3.8) is 0 Å². The molecule has 0 radical (unpaired) electrons. The van der Waals surface area contributed by atoms with E-state index < -0.39 is 0 Å². The smallest absolute Gasteiger partial charge is 0.252 e. The normalized spacial score (nSPS) is 13.6. The van der Waals surface area contributed by atoms with E-state index in [1.54, 1.807) is 6.20 Å². The van der Waals surface area contributed by atoms with Gasteiger partial charge in [-0.2, -0.15) is 0 Å². The summed E-state index contributed by atoms with van der Waals surface area (Å²) in [6.07, 6.45) is 2.72. The molecule has 1 aliphatic rings. The van der Waals surface area contributed by atoms with Crippen molar-refractivity contribution >= 4 is 11.7 Å². The van der Waals surface area contributed by atoms with Gasteiger partial charge in [-0.15, -0.1) is 0 Å². The van der Waals surface area contributed by atoms with Crippen LogP contribution in [0.3, 0.4) is 0 Å². The van der Waals surface area contributed by atoms with Gasteiger partial charge in [0.25, 0.3) is 5.91 Å². The van der Waals surface area contributed by atoms with Crippen LogP contribution in [0, 0.1) is 0 Å². The first-order chi connectivity index (χ1) is 12.7. The van der Waals surface area contributed by atoms with Gasteiger partial charge in [0.2, 0.25) is 0 Å². The zero-order valence-corrected chi connectivity index (χ0v) is 15.7. The van der Waals surface area contributed by atoms with E-state index in [1.165, 1.54) is 11.1 Å². The standard InChI is InChI=1S/C21H28N4O/c1-3-24(4-2)14-12-22-21(26)18-9-10-20(23-15-18)25-13-11-17-7-5-6-8-19(17)16-25/h5-10,15H,3-4,11-14,16H2,1-2H3,(H,22,26). The van der Waals surface area contributed by atoms with E-state index in [2.05, 4.69) is 58.2 Å². The fourth-order valence-corrected chi connectivity index (χ4v) is 3.37. The third kappa shape index (κ3) is 4.41. The number of likely N-dealkylation sites (N-methyl/N-ethyl adjacent to an activating group) is 1. The summed E-state index contributed by atoms with van der Waals surface area (Å²) in [5.41, 5.74) is 3.40. The quantitative estimate of drug-likeness (QED) is 0.832. The van der Waals surface area contributed by atoms with Gasteiger partial charge in [0.15, 0.2) is 0 Å². The maximum Gasteiger partial charge on any atom is 0.252 e. The molecule has 5 heteroatoms. The summed E-state index contributed by atoms with van der Waals surface area (Å²) in [6.45, 7) is 9.63. The van der Waals surface area contributed by atoms with E-state index in [4.69, 9.17) is 0 Å². The molecule has 5 nitrogen and oxygen atoms in total. The van der Waals surface area contributed by atoms with Crippen LogP contribution in [0.2, 0.25) is 0 Å². The second-order valence-electron chi connectivity index (χ2n) is 6.63. The minimum Gasteiger partial charge on any atom is -0.352 e. The first kappa shape index (κ1) is 18.4. The van der Waals surface area contributed by atoms with Crippen LogP contribution in [-0.2, 0) is 13.0 Å². The predicted molar refractivity (Wildman–Crippen MR) is 106 cm³/mol. The van der Waals surface area contributed by atoms with Crippen LogP contribution < -0.4 is 10.2 Å². The second-order valence-corrected chi connectivity index (χ2v) is 6.63. The Morgan fingerprint density at radius 2 is 1.92 bits per heavy atom. The van der Waals surface area contributed by atoms with E-state index in [0.717, 1.165) is 45.0 Å². The lowest BCUT2D eigenvalue weighted by molar-refractivity contribution is 0.0948. The van der Waals surface area contributed by atoms with E-state index in [1.807, 2.05) is 12.1 Å². The molecule has 0 atom stereocenters. The minimum absolute atomic E-state index is 0.0554. The molecular weight excluding hydrogens is 324 g/mol. The summed E-state index contributed by atoms with van der Waals surface area (Å²) >= 11 is 0. The first-order valence-electron chi connectivity index (χ1n) is 9.49. The van der Waals surface area contributed by atoms with Crippen LogP contribution in [0.25, 0.3) is 0 Å². The molecule has 0 unspecified atom stereocenters. The molecular formula is C21H28N4O. The lowest BCUT2D eigenvalue weighted by Crippen LogP contribution is -2.35. The van der Waals surface area contributed by atoms with Crippen LogP contribution in [0.15, 0.2) is 42.6 Å². The van der Waals surface area contributed by atoms with E-state index in [-0.39, 0.29) is 5.91 Å². The molecule has 0 fully saturated rings. The SMILES string of the molecule is CCN(CC)CCNC(=O)c1ccc(N2CCc3ccccc3C2)nc1. The zero-order chi connectivity index (χ0) is 18.4. The molecule has 0 spiro atoms. The largest absolute Gasteiger partial charge is 0.352 e. The van der Waals surface area contributed by atoms with Crippen molar-refractivity contribution in [3.8, 4) is 0 Å². The molecule has 3 rings (SSSR count). The molecule has 26 heavy (non-hydrogen) atoms. The minimum atomic E-state index is -0.0554. The van der Waals surface area contributed by atoms with Crippen molar-refractivity contribution in [2.24, 2.45) is 0 Å². The Kier molecular flexibility index (Phi) is 6.23. The number of carbonyl (C=O) groups excluding carboxylic acids is 1. The lowest BCUT2D eigenvalue weighted by Gasteiger charge is -2.29. The highest BCUT2D eigenvalue weighted by Gasteiger charge is 2.17. The molecule has 1 N–H and O–H groups in total. The van der Waals surface area contributed by atoms with Crippen molar-refractivity contribution in [3.05, 3.63) is 59.3 Å². The number of hydrogen-bond donors (Lipinski definition) is 1. The summed E-state index contributed by atoms with van der Waals surface area (Å²) in [4.78, 5) is 21.4. The molecule has 1 aromatic carbocycles. The highest BCUT2D eigenvalue weighted by molar-refractivity contribution is 5.94. The summed E-state index contributed by atoms with van der Waals surface area (Å²) in [5, 5.41) is 2.98. The number of hydrogen-bond acceptors (Lipinski definition) is 4. The monoisotopic (exact) mass is 352 g/mol. The van der Waals surface area contributed by atoms with E-state index in [9.17, 15) is 4.79 Å².